The third-order valence-corrected chi connectivity index (χ3v) is 1.48. The molecule has 2 N–H and O–H groups in total. The van der Waals surface area contributed by atoms with Crippen molar-refractivity contribution in [3.8, 4) is 0 Å². The molecule has 1 aromatic rings. The Bertz CT molecular complexity index is 336. The molecule has 11 heavy (non-hydrogen) atoms. The van der Waals surface area contributed by atoms with Gasteiger partial charge in [0.25, 0.3) is 0 Å². The van der Waals surface area contributed by atoms with Crippen LogP contribution in [0.1, 0.15) is 5.76 Å². The number of primary sulfonamides is 1. The van der Waals surface area contributed by atoms with Crippen LogP contribution in [-0.4, -0.2) is 8.42 Å². The van der Waals surface area contributed by atoms with Crippen LogP contribution in [0.25, 0.3) is 6.08 Å². The Balaban J connectivity index is 2.79. The Hall–Kier alpha value is -1.07. The first-order valence-electron chi connectivity index (χ1n) is 2.82. The molecule has 0 unspecified atom stereocenters. The van der Waals surface area contributed by atoms with Gasteiger partial charge in [0.15, 0.2) is 0 Å². The van der Waals surface area contributed by atoms with Gasteiger partial charge in [0.2, 0.25) is 10.0 Å². The van der Waals surface area contributed by atoms with Crippen LogP contribution in [0.5, 0.6) is 0 Å². The van der Waals surface area contributed by atoms with Crippen molar-refractivity contribution in [2.45, 2.75) is 0 Å². The van der Waals surface area contributed by atoms with E-state index < -0.39 is 10.0 Å². The van der Waals surface area contributed by atoms with Crippen LogP contribution in [-0.2, 0) is 10.0 Å². The van der Waals surface area contributed by atoms with Gasteiger partial charge < -0.3 is 4.42 Å². The van der Waals surface area contributed by atoms with E-state index in [4.69, 9.17) is 9.56 Å². The lowest BCUT2D eigenvalue weighted by Gasteiger charge is -1.83. The van der Waals surface area contributed by atoms with Gasteiger partial charge >= 0.3 is 0 Å². The van der Waals surface area contributed by atoms with Gasteiger partial charge in [-0.15, -0.1) is 0 Å². The maximum Gasteiger partial charge on any atom is 0.231 e. The van der Waals surface area contributed by atoms with E-state index >= 15 is 0 Å². The fraction of sp³-hybridized carbons (Fsp3) is 0. The summed E-state index contributed by atoms with van der Waals surface area (Å²) in [7, 11) is -3.54. The summed E-state index contributed by atoms with van der Waals surface area (Å²) in [6.45, 7) is 0. The van der Waals surface area contributed by atoms with Crippen LogP contribution < -0.4 is 5.14 Å². The van der Waals surface area contributed by atoms with Gasteiger partial charge in [0.05, 0.1) is 6.26 Å². The fourth-order valence-corrected chi connectivity index (χ4v) is 0.872. The molecule has 0 saturated heterocycles. The second-order valence-corrected chi connectivity index (χ2v) is 3.36. The minimum Gasteiger partial charge on any atom is -0.465 e. The van der Waals surface area contributed by atoms with Crippen LogP contribution in [0.4, 0.5) is 0 Å². The van der Waals surface area contributed by atoms with Crippen molar-refractivity contribution in [3.05, 3.63) is 29.6 Å². The van der Waals surface area contributed by atoms with E-state index in [-0.39, 0.29) is 0 Å². The smallest absolute Gasteiger partial charge is 0.231 e. The van der Waals surface area contributed by atoms with E-state index in [0.29, 0.717) is 5.76 Å². The number of hydrogen-bond acceptors (Lipinski definition) is 3. The van der Waals surface area contributed by atoms with Crippen molar-refractivity contribution in [3.63, 3.8) is 0 Å². The minimum atomic E-state index is -3.54. The summed E-state index contributed by atoms with van der Waals surface area (Å²) in [5.41, 5.74) is 0. The Morgan fingerprint density at radius 2 is 2.27 bits per heavy atom. The highest BCUT2D eigenvalue weighted by atomic mass is 32.2. The second-order valence-electron chi connectivity index (χ2n) is 1.91. The molecule has 4 nitrogen and oxygen atoms in total. The van der Waals surface area contributed by atoms with Crippen molar-refractivity contribution in [2.75, 3.05) is 0 Å². The highest BCUT2D eigenvalue weighted by Crippen LogP contribution is 2.02. The average Bonchev–Trinajstić information content (AvgIpc) is 2.32. The number of sulfonamides is 1. The van der Waals surface area contributed by atoms with Gasteiger partial charge in [0, 0.05) is 5.41 Å². The zero-order valence-electron chi connectivity index (χ0n) is 5.60. The Morgan fingerprint density at radius 1 is 1.55 bits per heavy atom. The first kappa shape index (κ1) is 8.03. The zero-order chi connectivity index (χ0) is 8.32. The molecular formula is C6H7NO3S. The van der Waals surface area contributed by atoms with E-state index in [2.05, 4.69) is 0 Å². The van der Waals surface area contributed by atoms with Gasteiger partial charge in [-0.05, 0) is 18.2 Å². The number of nitrogens with two attached hydrogens (primary N) is 1. The van der Waals surface area contributed by atoms with Crippen molar-refractivity contribution in [1.82, 2.24) is 0 Å². The normalized spacial score (nSPS) is 12.5. The lowest BCUT2D eigenvalue weighted by atomic mass is 10.5. The summed E-state index contributed by atoms with van der Waals surface area (Å²) in [5.74, 6) is 0.457. The molecule has 0 bridgehead atoms. The summed E-state index contributed by atoms with van der Waals surface area (Å²) in [6, 6.07) is 3.28. The predicted octanol–water partition coefficient (Wildman–Crippen LogP) is 0.539. The van der Waals surface area contributed by atoms with E-state index in [1.54, 1.807) is 12.1 Å². The maximum atomic E-state index is 10.4. The molecule has 0 fully saturated rings. The average molecular weight is 173 g/mol. The molecule has 0 atom stereocenters. The maximum absolute atomic E-state index is 10.4. The van der Waals surface area contributed by atoms with Crippen LogP contribution in [0, 0.1) is 0 Å². The van der Waals surface area contributed by atoms with Crippen molar-refractivity contribution >= 4 is 16.1 Å². The molecule has 0 saturated carbocycles. The summed E-state index contributed by atoms with van der Waals surface area (Å²) < 4.78 is 25.6. The molecular weight excluding hydrogens is 166 g/mol. The highest BCUT2D eigenvalue weighted by Gasteiger charge is 1.94. The molecule has 0 spiro atoms. The first-order chi connectivity index (χ1) is 5.08. The van der Waals surface area contributed by atoms with Crippen LogP contribution in [0.15, 0.2) is 28.2 Å². The molecule has 5 heteroatoms. The Morgan fingerprint density at radius 3 is 2.73 bits per heavy atom. The first-order valence-corrected chi connectivity index (χ1v) is 4.43. The minimum absolute atomic E-state index is 0.457. The molecule has 0 aliphatic heterocycles. The topological polar surface area (TPSA) is 73.3 Å². The van der Waals surface area contributed by atoms with Gasteiger partial charge in [0.1, 0.15) is 5.76 Å². The van der Waals surface area contributed by atoms with Crippen molar-refractivity contribution in [2.24, 2.45) is 5.14 Å². The van der Waals surface area contributed by atoms with Crippen LogP contribution in [0.2, 0.25) is 0 Å². The van der Waals surface area contributed by atoms with Crippen molar-refractivity contribution in [1.29, 1.82) is 0 Å². The van der Waals surface area contributed by atoms with Gasteiger partial charge in [-0.25, -0.2) is 13.6 Å². The molecule has 0 amide bonds. The molecule has 0 aliphatic rings. The summed E-state index contributed by atoms with van der Waals surface area (Å²) in [5, 5.41) is 5.58. The molecule has 0 aromatic carbocycles. The SMILES string of the molecule is NS(=O)(=O)/C=C/c1ccco1. The number of furan rings is 1. The molecule has 1 rings (SSSR count). The van der Waals surface area contributed by atoms with Crippen LogP contribution in [0.3, 0.4) is 0 Å². The van der Waals surface area contributed by atoms with Gasteiger partial charge in [-0.1, -0.05) is 0 Å². The number of rotatable bonds is 2. The van der Waals surface area contributed by atoms with Gasteiger partial charge in [-0.3, -0.25) is 0 Å². The lowest BCUT2D eigenvalue weighted by molar-refractivity contribution is 0.557. The standard InChI is InChI=1S/C6H7NO3S/c7-11(8,9)5-3-6-2-1-4-10-6/h1-5H,(H2,7,8,9)/b5-3+. The largest absolute Gasteiger partial charge is 0.465 e. The second kappa shape index (κ2) is 2.89. The Labute approximate surface area is 64.4 Å². The zero-order valence-corrected chi connectivity index (χ0v) is 6.41. The molecule has 60 valence electrons. The quantitative estimate of drug-likeness (QED) is 0.709. The third-order valence-electron chi connectivity index (χ3n) is 0.965. The third kappa shape index (κ3) is 3.01. The summed E-state index contributed by atoms with van der Waals surface area (Å²) in [6.07, 6.45) is 2.73. The summed E-state index contributed by atoms with van der Waals surface area (Å²) >= 11 is 0. The Kier molecular flexibility index (Phi) is 2.11. The predicted molar refractivity (Wildman–Crippen MR) is 40.8 cm³/mol. The molecule has 0 aliphatic carbocycles. The monoisotopic (exact) mass is 173 g/mol. The number of hydrogen-bond donors (Lipinski definition) is 1. The molecule has 0 radical (unpaired) electrons. The van der Waals surface area contributed by atoms with Crippen LogP contribution >= 0.6 is 0 Å². The molecule has 1 heterocycles. The van der Waals surface area contributed by atoms with E-state index in [9.17, 15) is 8.42 Å². The fourth-order valence-electron chi connectivity index (χ4n) is 0.548. The van der Waals surface area contributed by atoms with Gasteiger partial charge in [-0.2, -0.15) is 0 Å². The summed E-state index contributed by atoms with van der Waals surface area (Å²) in [4.78, 5) is 0. The highest BCUT2D eigenvalue weighted by molar-refractivity contribution is 7.92. The van der Waals surface area contributed by atoms with E-state index in [1.165, 1.54) is 12.3 Å². The van der Waals surface area contributed by atoms with Crippen molar-refractivity contribution < 1.29 is 12.8 Å². The van der Waals surface area contributed by atoms with E-state index in [1.807, 2.05) is 0 Å². The lowest BCUT2D eigenvalue weighted by Crippen LogP contribution is -2.06. The molecule has 1 aromatic heterocycles. The van der Waals surface area contributed by atoms with E-state index in [0.717, 1.165) is 5.41 Å².